The van der Waals surface area contributed by atoms with Crippen LogP contribution in [0.3, 0.4) is 0 Å². The van der Waals surface area contributed by atoms with Gasteiger partial charge in [-0.3, -0.25) is 9.78 Å². The van der Waals surface area contributed by atoms with E-state index in [2.05, 4.69) is 4.98 Å². The number of hydrogen-bond donors (Lipinski definition) is 0. The fourth-order valence-corrected chi connectivity index (χ4v) is 3.02. The first-order valence-corrected chi connectivity index (χ1v) is 8.22. The zero-order valence-electron chi connectivity index (χ0n) is 14.1. The number of ketones is 1. The highest BCUT2D eigenvalue weighted by molar-refractivity contribution is 8.93. The number of Topliss-reactive ketones (excluding diaryl/α,β-unsaturated/α-hetero) is 1. The third-order valence-electron chi connectivity index (χ3n) is 4.32. The maximum absolute atomic E-state index is 12.8. The maximum Gasteiger partial charge on any atom is 0.228 e. The van der Waals surface area contributed by atoms with Crippen LogP contribution < -0.4 is 4.57 Å². The Morgan fingerprint density at radius 3 is 2.23 bits per heavy atom. The number of hydrogen-bond acceptors (Lipinski definition) is 2. The second-order valence-electron chi connectivity index (χ2n) is 5.94. The van der Waals surface area contributed by atoms with Crippen molar-refractivity contribution in [2.45, 2.75) is 6.54 Å². The standard InChI is InChI=1S/C22H17N2O.BrH/c25-22(21-7-3-5-19-4-1-2-6-20(19)21)16-24-14-10-18(11-15-24)17-8-12-23-13-9-17;/h1-15H,16H2;1H/q+1;. The second kappa shape index (κ2) is 8.02. The van der Waals surface area contributed by atoms with Crippen molar-refractivity contribution < 1.29 is 9.36 Å². The number of nitrogens with zero attached hydrogens (tertiary/aromatic N) is 2. The van der Waals surface area contributed by atoms with E-state index >= 15 is 0 Å². The summed E-state index contributed by atoms with van der Waals surface area (Å²) in [4.78, 5) is 16.8. The van der Waals surface area contributed by atoms with Crippen LogP contribution in [0.2, 0.25) is 0 Å². The smallest absolute Gasteiger partial charge is 0.228 e. The first-order chi connectivity index (χ1) is 12.3. The van der Waals surface area contributed by atoms with Gasteiger partial charge < -0.3 is 0 Å². The van der Waals surface area contributed by atoms with Crippen LogP contribution in [0.25, 0.3) is 21.9 Å². The summed E-state index contributed by atoms with van der Waals surface area (Å²) < 4.78 is 1.91. The highest BCUT2D eigenvalue weighted by Gasteiger charge is 2.14. The van der Waals surface area contributed by atoms with Gasteiger partial charge in [0.05, 0.1) is 0 Å². The first-order valence-electron chi connectivity index (χ1n) is 8.22. The van der Waals surface area contributed by atoms with Crippen LogP contribution in [0, 0.1) is 0 Å². The molecule has 0 bridgehead atoms. The number of aromatic nitrogens is 2. The molecule has 0 saturated heterocycles. The van der Waals surface area contributed by atoms with Crippen molar-refractivity contribution >= 4 is 33.5 Å². The SMILES string of the molecule is Br.O=C(C[n+]1ccc(-c2ccncc2)cc1)c1cccc2ccccc12. The summed E-state index contributed by atoms with van der Waals surface area (Å²) in [7, 11) is 0. The van der Waals surface area contributed by atoms with Crippen LogP contribution in [0.4, 0.5) is 0 Å². The lowest BCUT2D eigenvalue weighted by Gasteiger charge is -2.04. The number of pyridine rings is 2. The average molecular weight is 406 g/mol. The normalized spacial score (nSPS) is 10.3. The number of carbonyl (C=O) groups is 1. The Labute approximate surface area is 162 Å². The van der Waals surface area contributed by atoms with E-state index in [0.717, 1.165) is 27.5 Å². The molecule has 0 unspecified atom stereocenters. The molecule has 0 amide bonds. The lowest BCUT2D eigenvalue weighted by atomic mass is 10.0. The zero-order valence-corrected chi connectivity index (χ0v) is 15.8. The molecule has 4 aromatic rings. The van der Waals surface area contributed by atoms with E-state index in [0.29, 0.717) is 6.54 Å². The van der Waals surface area contributed by atoms with E-state index in [4.69, 9.17) is 0 Å². The fraction of sp³-hybridized carbons (Fsp3) is 0.0455. The van der Waals surface area contributed by atoms with Gasteiger partial charge in [-0.05, 0) is 34.0 Å². The molecule has 2 aromatic carbocycles. The van der Waals surface area contributed by atoms with E-state index in [1.807, 2.05) is 83.7 Å². The number of benzene rings is 2. The Hall–Kier alpha value is -2.85. The zero-order chi connectivity index (χ0) is 17.1. The molecule has 2 heterocycles. The molecule has 4 heteroatoms. The van der Waals surface area contributed by atoms with Gasteiger partial charge in [0.1, 0.15) is 0 Å². The topological polar surface area (TPSA) is 33.8 Å². The Balaban J connectivity index is 0.00000196. The maximum atomic E-state index is 12.8. The van der Waals surface area contributed by atoms with Crippen molar-refractivity contribution in [1.29, 1.82) is 0 Å². The molecule has 0 N–H and O–H groups in total. The van der Waals surface area contributed by atoms with Crippen molar-refractivity contribution in [2.75, 3.05) is 0 Å². The lowest BCUT2D eigenvalue weighted by molar-refractivity contribution is -0.683. The molecule has 128 valence electrons. The van der Waals surface area contributed by atoms with Crippen molar-refractivity contribution in [1.82, 2.24) is 4.98 Å². The molecular formula is C22H18BrN2O+. The summed E-state index contributed by atoms with van der Waals surface area (Å²) in [5.41, 5.74) is 2.99. The molecule has 2 aromatic heterocycles. The van der Waals surface area contributed by atoms with Crippen LogP contribution in [-0.2, 0) is 6.54 Å². The summed E-state index contributed by atoms with van der Waals surface area (Å²) in [6.45, 7) is 0.324. The largest absolute Gasteiger partial charge is 0.287 e. The monoisotopic (exact) mass is 405 g/mol. The van der Waals surface area contributed by atoms with E-state index in [9.17, 15) is 4.79 Å². The van der Waals surface area contributed by atoms with E-state index in [-0.39, 0.29) is 22.8 Å². The molecule has 3 nitrogen and oxygen atoms in total. The fourth-order valence-electron chi connectivity index (χ4n) is 3.02. The van der Waals surface area contributed by atoms with Gasteiger partial charge >= 0.3 is 0 Å². The molecular weight excluding hydrogens is 388 g/mol. The van der Waals surface area contributed by atoms with Crippen LogP contribution in [-0.4, -0.2) is 10.8 Å². The Bertz CT molecular complexity index is 1030. The molecule has 4 rings (SSSR count). The molecule has 26 heavy (non-hydrogen) atoms. The molecule has 0 fully saturated rings. The van der Waals surface area contributed by atoms with Gasteiger partial charge in [-0.2, -0.15) is 4.57 Å². The van der Waals surface area contributed by atoms with Gasteiger partial charge in [0, 0.05) is 30.1 Å². The molecule has 0 aliphatic rings. The summed E-state index contributed by atoms with van der Waals surface area (Å²) in [5.74, 6) is 0.110. The van der Waals surface area contributed by atoms with Crippen molar-refractivity contribution in [3.05, 3.63) is 97.1 Å². The van der Waals surface area contributed by atoms with E-state index in [1.165, 1.54) is 0 Å². The molecule has 0 saturated carbocycles. The highest BCUT2D eigenvalue weighted by atomic mass is 79.9. The second-order valence-corrected chi connectivity index (χ2v) is 5.94. The van der Waals surface area contributed by atoms with Crippen molar-refractivity contribution in [3.8, 4) is 11.1 Å². The molecule has 0 radical (unpaired) electrons. The number of carbonyl (C=O) groups excluding carboxylic acids is 1. The Kier molecular flexibility index (Phi) is 5.54. The minimum atomic E-state index is 0. The summed E-state index contributed by atoms with van der Waals surface area (Å²) in [6, 6.07) is 21.8. The Morgan fingerprint density at radius 1 is 0.808 bits per heavy atom. The van der Waals surface area contributed by atoms with Crippen LogP contribution in [0.5, 0.6) is 0 Å². The summed E-state index contributed by atoms with van der Waals surface area (Å²) in [5, 5.41) is 2.09. The highest BCUT2D eigenvalue weighted by Crippen LogP contribution is 2.19. The minimum Gasteiger partial charge on any atom is -0.287 e. The predicted molar refractivity (Wildman–Crippen MR) is 108 cm³/mol. The molecule has 0 atom stereocenters. The number of fused-ring (bicyclic) bond motifs is 1. The van der Waals surface area contributed by atoms with Gasteiger partial charge in [-0.1, -0.05) is 42.5 Å². The van der Waals surface area contributed by atoms with Gasteiger partial charge in [0.15, 0.2) is 12.4 Å². The molecule has 0 aliphatic heterocycles. The van der Waals surface area contributed by atoms with Crippen LogP contribution in [0.1, 0.15) is 10.4 Å². The minimum absolute atomic E-state index is 0. The summed E-state index contributed by atoms with van der Waals surface area (Å²) in [6.07, 6.45) is 7.44. The van der Waals surface area contributed by atoms with Gasteiger partial charge in [-0.25, -0.2) is 0 Å². The predicted octanol–water partition coefficient (Wildman–Crippen LogP) is 4.65. The lowest BCUT2D eigenvalue weighted by Crippen LogP contribution is -2.37. The molecule has 0 aliphatic carbocycles. The van der Waals surface area contributed by atoms with Gasteiger partial charge in [0.2, 0.25) is 12.3 Å². The van der Waals surface area contributed by atoms with Crippen LogP contribution in [0.15, 0.2) is 91.5 Å². The summed E-state index contributed by atoms with van der Waals surface area (Å²) >= 11 is 0. The average Bonchev–Trinajstić information content (AvgIpc) is 2.69. The third-order valence-corrected chi connectivity index (χ3v) is 4.32. The number of halogens is 1. The quantitative estimate of drug-likeness (QED) is 0.365. The molecule has 0 spiro atoms. The van der Waals surface area contributed by atoms with Crippen molar-refractivity contribution in [3.63, 3.8) is 0 Å². The van der Waals surface area contributed by atoms with Gasteiger partial charge in [0.25, 0.3) is 0 Å². The number of rotatable bonds is 4. The van der Waals surface area contributed by atoms with E-state index in [1.54, 1.807) is 12.4 Å². The Morgan fingerprint density at radius 2 is 1.46 bits per heavy atom. The van der Waals surface area contributed by atoms with Crippen molar-refractivity contribution in [2.24, 2.45) is 0 Å². The van der Waals surface area contributed by atoms with Crippen LogP contribution >= 0.6 is 17.0 Å². The third kappa shape index (κ3) is 3.70. The van der Waals surface area contributed by atoms with Gasteiger partial charge in [-0.15, -0.1) is 17.0 Å². The van der Waals surface area contributed by atoms with E-state index < -0.39 is 0 Å². The first kappa shape index (κ1) is 18.0.